The van der Waals surface area contributed by atoms with Crippen LogP contribution < -0.4 is 0 Å². The van der Waals surface area contributed by atoms with Crippen LogP contribution in [0.2, 0.25) is 0 Å². The molecule has 0 unspecified atom stereocenters. The van der Waals surface area contributed by atoms with Gasteiger partial charge in [0, 0.05) is 0 Å². The third kappa shape index (κ3) is 5.21. The first kappa shape index (κ1) is 17.2. The number of hydrogen-bond donors (Lipinski definition) is 0. The highest BCUT2D eigenvalue weighted by atomic mass is 16.5. The van der Waals surface area contributed by atoms with E-state index in [2.05, 4.69) is 0 Å². The molecule has 0 radical (unpaired) electrons. The van der Waals surface area contributed by atoms with Crippen LogP contribution in [-0.2, 0) is 9.47 Å². The molecule has 0 saturated carbocycles. The number of carbonyl (C=O) groups is 2. The Hall–Kier alpha value is -1.84. The number of carbonyl (C=O) groups excluding carboxylic acids is 2. The minimum Gasteiger partial charge on any atom is -0.462 e. The highest BCUT2D eigenvalue weighted by Gasteiger charge is 2.21. The average Bonchev–Trinajstić information content (AvgIpc) is 2.44. The number of hydrogen-bond acceptors (Lipinski definition) is 4. The summed E-state index contributed by atoms with van der Waals surface area (Å²) in [4.78, 5) is 24.3. The smallest absolute Gasteiger partial charge is 0.339 e. The van der Waals surface area contributed by atoms with Crippen molar-refractivity contribution in [3.63, 3.8) is 0 Å². The van der Waals surface area contributed by atoms with Gasteiger partial charge in [0.25, 0.3) is 0 Å². The van der Waals surface area contributed by atoms with E-state index in [-0.39, 0.29) is 11.5 Å². The number of aryl methyl sites for hydroxylation is 1. The van der Waals surface area contributed by atoms with Crippen molar-refractivity contribution in [3.05, 3.63) is 34.9 Å². The van der Waals surface area contributed by atoms with Gasteiger partial charge in [0.15, 0.2) is 0 Å². The number of unbranched alkanes of at least 4 members (excludes halogenated alkanes) is 1. The molecule has 4 nitrogen and oxygen atoms in total. The zero-order valence-corrected chi connectivity index (χ0v) is 13.3. The Morgan fingerprint density at radius 2 is 1.86 bits per heavy atom. The molecule has 0 aliphatic carbocycles. The maximum absolute atomic E-state index is 12.2. The number of esters is 2. The van der Waals surface area contributed by atoms with Crippen molar-refractivity contribution in [2.75, 3.05) is 13.2 Å². The van der Waals surface area contributed by atoms with Crippen molar-refractivity contribution >= 4 is 11.9 Å². The van der Waals surface area contributed by atoms with Crippen LogP contribution in [0.4, 0.5) is 0 Å². The Bertz CT molecular complexity index is 492. The summed E-state index contributed by atoms with van der Waals surface area (Å²) in [5.41, 5.74) is 1.30. The summed E-state index contributed by atoms with van der Waals surface area (Å²) in [7, 11) is 0. The van der Waals surface area contributed by atoms with E-state index in [4.69, 9.17) is 9.47 Å². The minimum absolute atomic E-state index is 0.248. The zero-order valence-electron chi connectivity index (χ0n) is 13.3. The Kier molecular flexibility index (Phi) is 6.92. The lowest BCUT2D eigenvalue weighted by Crippen LogP contribution is -2.17. The average molecular weight is 292 g/mol. The van der Waals surface area contributed by atoms with Crippen molar-refractivity contribution in [1.82, 2.24) is 0 Å². The third-order valence-electron chi connectivity index (χ3n) is 2.98. The second-order valence-corrected chi connectivity index (χ2v) is 5.48. The first-order chi connectivity index (χ1) is 9.97. The van der Waals surface area contributed by atoms with Gasteiger partial charge in [0.1, 0.15) is 0 Å². The molecule has 4 heteroatoms. The van der Waals surface area contributed by atoms with Gasteiger partial charge in [-0.25, -0.2) is 9.59 Å². The van der Waals surface area contributed by atoms with E-state index in [1.165, 1.54) is 0 Å². The van der Waals surface area contributed by atoms with E-state index >= 15 is 0 Å². The van der Waals surface area contributed by atoms with E-state index in [9.17, 15) is 9.59 Å². The standard InChI is InChI=1S/C17H24O4/c1-5-6-10-20-16(18)14-9-7-8-13(4)15(14)17(19)21-11-12(2)3/h7-9,12H,5-6,10-11H2,1-4H3. The molecule has 0 heterocycles. The molecule has 1 aromatic rings. The number of benzene rings is 1. The summed E-state index contributed by atoms with van der Waals surface area (Å²) < 4.78 is 10.4. The van der Waals surface area contributed by atoms with E-state index in [1.54, 1.807) is 25.1 Å². The second-order valence-electron chi connectivity index (χ2n) is 5.48. The molecule has 21 heavy (non-hydrogen) atoms. The maximum atomic E-state index is 12.2. The van der Waals surface area contributed by atoms with Gasteiger partial charge in [-0.15, -0.1) is 0 Å². The molecular formula is C17H24O4. The van der Waals surface area contributed by atoms with Gasteiger partial charge < -0.3 is 9.47 Å². The largest absolute Gasteiger partial charge is 0.462 e. The Labute approximate surface area is 126 Å². The Morgan fingerprint density at radius 1 is 1.14 bits per heavy atom. The van der Waals surface area contributed by atoms with Gasteiger partial charge in [-0.1, -0.05) is 39.3 Å². The first-order valence-corrected chi connectivity index (χ1v) is 7.41. The lowest BCUT2D eigenvalue weighted by molar-refractivity contribution is 0.0427. The lowest BCUT2D eigenvalue weighted by Gasteiger charge is -2.13. The first-order valence-electron chi connectivity index (χ1n) is 7.41. The van der Waals surface area contributed by atoms with Gasteiger partial charge in [-0.05, 0) is 30.9 Å². The van der Waals surface area contributed by atoms with Gasteiger partial charge in [0.05, 0.1) is 24.3 Å². The maximum Gasteiger partial charge on any atom is 0.339 e. The molecule has 0 aliphatic rings. The van der Waals surface area contributed by atoms with Crippen molar-refractivity contribution in [3.8, 4) is 0 Å². The third-order valence-corrected chi connectivity index (χ3v) is 2.98. The van der Waals surface area contributed by atoms with E-state index in [0.29, 0.717) is 24.3 Å². The molecule has 0 bridgehead atoms. The predicted octanol–water partition coefficient (Wildman–Crippen LogP) is 3.76. The van der Waals surface area contributed by atoms with Crippen LogP contribution in [0.1, 0.15) is 59.9 Å². The van der Waals surface area contributed by atoms with Gasteiger partial charge >= 0.3 is 11.9 Å². The summed E-state index contributed by atoms with van der Waals surface area (Å²) in [5.74, 6) is -0.689. The van der Waals surface area contributed by atoms with Gasteiger partial charge in [0.2, 0.25) is 0 Å². The van der Waals surface area contributed by atoms with E-state index < -0.39 is 11.9 Å². The predicted molar refractivity (Wildman–Crippen MR) is 81.5 cm³/mol. The number of rotatable bonds is 7. The number of ether oxygens (including phenoxy) is 2. The fourth-order valence-corrected chi connectivity index (χ4v) is 1.81. The SMILES string of the molecule is CCCCOC(=O)c1cccc(C)c1C(=O)OCC(C)C. The summed E-state index contributed by atoms with van der Waals surface area (Å²) in [6.45, 7) is 8.43. The monoisotopic (exact) mass is 292 g/mol. The molecule has 0 spiro atoms. The lowest BCUT2D eigenvalue weighted by atomic mass is 10.0. The van der Waals surface area contributed by atoms with Crippen LogP contribution in [0.3, 0.4) is 0 Å². The summed E-state index contributed by atoms with van der Waals surface area (Å²) >= 11 is 0. The van der Waals surface area contributed by atoms with Gasteiger partial charge in [-0.3, -0.25) is 0 Å². The van der Waals surface area contributed by atoms with Crippen molar-refractivity contribution in [2.45, 2.75) is 40.5 Å². The van der Waals surface area contributed by atoms with Crippen molar-refractivity contribution in [2.24, 2.45) is 5.92 Å². The highest BCUT2D eigenvalue weighted by molar-refractivity contribution is 6.04. The van der Waals surface area contributed by atoms with E-state index in [1.807, 2.05) is 20.8 Å². The van der Waals surface area contributed by atoms with Crippen LogP contribution in [0.25, 0.3) is 0 Å². The van der Waals surface area contributed by atoms with Crippen LogP contribution in [0.15, 0.2) is 18.2 Å². The van der Waals surface area contributed by atoms with Crippen LogP contribution in [0, 0.1) is 12.8 Å². The topological polar surface area (TPSA) is 52.6 Å². The Morgan fingerprint density at radius 3 is 2.48 bits per heavy atom. The zero-order chi connectivity index (χ0) is 15.8. The van der Waals surface area contributed by atoms with Crippen LogP contribution in [-0.4, -0.2) is 25.2 Å². The molecule has 1 aromatic carbocycles. The molecule has 0 amide bonds. The molecule has 0 aliphatic heterocycles. The fourth-order valence-electron chi connectivity index (χ4n) is 1.81. The summed E-state index contributed by atoms with van der Waals surface area (Å²) in [6.07, 6.45) is 1.76. The summed E-state index contributed by atoms with van der Waals surface area (Å²) in [6, 6.07) is 5.13. The molecule has 0 N–H and O–H groups in total. The van der Waals surface area contributed by atoms with E-state index in [0.717, 1.165) is 12.8 Å². The van der Waals surface area contributed by atoms with Crippen molar-refractivity contribution in [1.29, 1.82) is 0 Å². The van der Waals surface area contributed by atoms with Crippen LogP contribution >= 0.6 is 0 Å². The van der Waals surface area contributed by atoms with Crippen LogP contribution in [0.5, 0.6) is 0 Å². The molecule has 0 aromatic heterocycles. The molecule has 116 valence electrons. The second kappa shape index (κ2) is 8.45. The highest BCUT2D eigenvalue weighted by Crippen LogP contribution is 2.17. The summed E-state index contributed by atoms with van der Waals surface area (Å²) in [5, 5.41) is 0. The fraction of sp³-hybridized carbons (Fsp3) is 0.529. The van der Waals surface area contributed by atoms with Gasteiger partial charge in [-0.2, -0.15) is 0 Å². The minimum atomic E-state index is -0.469. The normalized spacial score (nSPS) is 10.5. The van der Waals surface area contributed by atoms with Crippen molar-refractivity contribution < 1.29 is 19.1 Å². The molecule has 1 rings (SSSR count). The Balaban J connectivity index is 2.92. The quantitative estimate of drug-likeness (QED) is 0.567. The molecular weight excluding hydrogens is 268 g/mol. The molecule has 0 atom stereocenters. The molecule has 0 fully saturated rings. The molecule has 0 saturated heterocycles.